The van der Waals surface area contributed by atoms with Crippen LogP contribution in [-0.2, 0) is 69.6 Å². The number of amides is 1. The van der Waals surface area contributed by atoms with Gasteiger partial charge in [-0.1, -0.05) is 39.7 Å². The zero-order chi connectivity index (χ0) is 58.9. The summed E-state index contributed by atoms with van der Waals surface area (Å²) in [6.07, 6.45) is 3.36. The van der Waals surface area contributed by atoms with Crippen molar-refractivity contribution in [1.29, 1.82) is 0 Å². The lowest BCUT2D eigenvalue weighted by molar-refractivity contribution is -0.159. The first kappa shape index (κ1) is 61.9. The van der Waals surface area contributed by atoms with Crippen LogP contribution in [0, 0.1) is 11.6 Å². The Morgan fingerprint density at radius 2 is 1.35 bits per heavy atom. The molecule has 2 saturated heterocycles. The Morgan fingerprint density at radius 1 is 0.790 bits per heavy atom. The van der Waals surface area contributed by atoms with E-state index in [2.05, 4.69) is 41.5 Å². The second-order valence-corrected chi connectivity index (χ2v) is 25.1. The highest BCUT2D eigenvalue weighted by Crippen LogP contribution is 2.39. The molecule has 1 amide bonds. The number of nitrogens with two attached hydrogens (primary N) is 1. The van der Waals surface area contributed by atoms with Gasteiger partial charge in [-0.05, 0) is 57.5 Å². The molecule has 2 aromatic heterocycles. The number of hydrogen-bond donors (Lipinski definition) is 3. The predicted molar refractivity (Wildman–Crippen MR) is 294 cm³/mol. The molecule has 4 aliphatic heterocycles. The van der Waals surface area contributed by atoms with Crippen LogP contribution in [0.15, 0.2) is 97.4 Å². The first-order chi connectivity index (χ1) is 38.4. The van der Waals surface area contributed by atoms with Crippen LogP contribution in [0.5, 0.6) is 0 Å². The Kier molecular flexibility index (Phi) is 20.6. The van der Waals surface area contributed by atoms with Gasteiger partial charge >= 0.3 is 24.1 Å². The highest BCUT2D eigenvalue weighted by atomic mass is 79.9. The number of benzene rings is 2. The van der Waals surface area contributed by atoms with Gasteiger partial charge in [0.05, 0.1) is 53.5 Å². The summed E-state index contributed by atoms with van der Waals surface area (Å²) in [7, 11) is -5.32. The average Bonchev–Trinajstić information content (AvgIpc) is 4.23. The molecule has 0 bridgehead atoms. The van der Waals surface area contributed by atoms with Crippen molar-refractivity contribution in [2.24, 2.45) is 22.8 Å². The molecule has 4 atom stereocenters. The molecule has 4 aliphatic rings. The molecule has 31 heteroatoms. The second-order valence-electron chi connectivity index (χ2n) is 18.5. The molecule has 2 fully saturated rings. The Labute approximate surface area is 481 Å². The van der Waals surface area contributed by atoms with Crippen molar-refractivity contribution in [2.45, 2.75) is 58.0 Å². The van der Waals surface area contributed by atoms with Gasteiger partial charge in [-0.25, -0.2) is 50.0 Å². The number of amidine groups is 2. The molecule has 24 nitrogen and oxygen atoms in total. The third-order valence-corrected chi connectivity index (χ3v) is 17.6. The smallest absolute Gasteiger partial charge is 0.463 e. The highest BCUT2D eigenvalue weighted by molar-refractivity contribution is 9.10. The Balaban J connectivity index is 0.000000237. The van der Waals surface area contributed by atoms with E-state index < -0.39 is 110 Å². The van der Waals surface area contributed by atoms with Crippen LogP contribution in [-0.4, -0.2) is 170 Å². The minimum absolute atomic E-state index is 0.0156. The van der Waals surface area contributed by atoms with Crippen molar-refractivity contribution in [1.82, 2.24) is 35.0 Å². The van der Waals surface area contributed by atoms with Gasteiger partial charge in [0.25, 0.3) is 0 Å². The number of carbonyl (C=O) groups is 5. The molecular weight excluding hydrogens is 1210 g/mol. The molecule has 2 aromatic carbocycles. The van der Waals surface area contributed by atoms with E-state index in [1.807, 2.05) is 0 Å². The monoisotopic (exact) mass is 1270 g/mol. The lowest BCUT2D eigenvalue weighted by Crippen LogP contribution is -2.56. The zero-order valence-electron chi connectivity index (χ0n) is 44.1. The number of hydrogen-bond acceptors (Lipinski definition) is 23. The number of imidazole rings is 1. The number of primary amides is 1. The minimum atomic E-state index is -3.64. The average molecular weight is 1270 g/mol. The third kappa shape index (κ3) is 15.7. The first-order valence-electron chi connectivity index (χ1n) is 24.8. The van der Waals surface area contributed by atoms with E-state index in [4.69, 9.17) is 46.0 Å². The maximum Gasteiger partial charge on any atom is 0.511 e. The normalized spacial score (nSPS) is 20.8. The number of esters is 3. The topological polar surface area (TPSA) is 312 Å². The van der Waals surface area contributed by atoms with Crippen LogP contribution < -0.4 is 16.4 Å². The second kappa shape index (κ2) is 26.9. The van der Waals surface area contributed by atoms with Crippen molar-refractivity contribution >= 4 is 100 Å². The maximum absolute atomic E-state index is 14.0. The van der Waals surface area contributed by atoms with Gasteiger partial charge in [0.2, 0.25) is 12.7 Å². The molecule has 4 aromatic rings. The van der Waals surface area contributed by atoms with Crippen LogP contribution in [0.3, 0.4) is 0 Å². The molecular formula is C50H56BrClF2N10O14S3. The molecule has 0 spiro atoms. The van der Waals surface area contributed by atoms with Crippen LogP contribution in [0.2, 0.25) is 5.02 Å². The summed E-state index contributed by atoms with van der Waals surface area (Å²) in [6.45, 7) is 5.60. The Bertz CT molecular complexity index is 3420. The summed E-state index contributed by atoms with van der Waals surface area (Å²) >= 11 is 11.1. The van der Waals surface area contributed by atoms with Crippen LogP contribution >= 0.6 is 38.9 Å². The van der Waals surface area contributed by atoms with Crippen molar-refractivity contribution in [3.63, 3.8) is 0 Å². The SMILES string of the molecule is CCOC(=O)C1=C(CN2CCS(=O)(=O)CC2C(=O)OCOC(=O)OC(C)C)NC(c2nccs2)=NC1c1ccc(F)cc1Cl.CCOC(=O)C1=C(CN2CCS(=O)(=O)CC2C(N)=O)NC(c2nccn2C)=NC1c1ccc(F)cc1Br. The molecule has 8 rings (SSSR count). The number of ether oxygens (including phenoxy) is 5. The lowest BCUT2D eigenvalue weighted by Gasteiger charge is -2.36. The number of thiazole rings is 1. The highest BCUT2D eigenvalue weighted by Gasteiger charge is 2.42. The molecule has 0 aliphatic carbocycles. The van der Waals surface area contributed by atoms with Gasteiger partial charge in [0.1, 0.15) is 35.8 Å². The van der Waals surface area contributed by atoms with E-state index in [-0.39, 0.29) is 78.6 Å². The van der Waals surface area contributed by atoms with Crippen LogP contribution in [0.1, 0.15) is 61.7 Å². The molecule has 0 radical (unpaired) electrons. The summed E-state index contributed by atoms with van der Waals surface area (Å²) in [6, 6.07) is 3.37. The fourth-order valence-corrected chi connectivity index (χ4v) is 13.3. The molecule has 4 unspecified atom stereocenters. The molecule has 436 valence electrons. The molecule has 6 heterocycles. The van der Waals surface area contributed by atoms with Crippen molar-refractivity contribution < 1.29 is 73.3 Å². The molecule has 81 heavy (non-hydrogen) atoms. The number of nitrogens with one attached hydrogen (secondary N) is 2. The van der Waals surface area contributed by atoms with E-state index in [1.165, 1.54) is 46.6 Å². The van der Waals surface area contributed by atoms with Crippen LogP contribution in [0.4, 0.5) is 13.6 Å². The fourth-order valence-electron chi connectivity index (χ4n) is 8.80. The van der Waals surface area contributed by atoms with Gasteiger partial charge in [-0.15, -0.1) is 11.3 Å². The summed E-state index contributed by atoms with van der Waals surface area (Å²) < 4.78 is 105. The van der Waals surface area contributed by atoms with Gasteiger partial charge < -0.3 is 44.6 Å². The number of aliphatic imine (C=N–C) groups is 2. The van der Waals surface area contributed by atoms with Gasteiger partial charge in [-0.3, -0.25) is 29.4 Å². The van der Waals surface area contributed by atoms with Gasteiger partial charge in [0.15, 0.2) is 42.2 Å². The van der Waals surface area contributed by atoms with Crippen LogP contribution in [0.25, 0.3) is 0 Å². The van der Waals surface area contributed by atoms with E-state index in [0.717, 1.165) is 6.07 Å². The number of nitrogens with zero attached hydrogens (tertiary/aromatic N) is 7. The number of halogens is 4. The number of sulfone groups is 2. The Morgan fingerprint density at radius 3 is 1.88 bits per heavy atom. The Hall–Kier alpha value is -6.70. The number of rotatable bonds is 17. The summed E-state index contributed by atoms with van der Waals surface area (Å²) in [5.74, 6) is -4.57. The van der Waals surface area contributed by atoms with Crippen molar-refractivity contribution in [3.05, 3.63) is 126 Å². The van der Waals surface area contributed by atoms with E-state index in [9.17, 15) is 49.6 Å². The van der Waals surface area contributed by atoms with Gasteiger partial charge in [-0.2, -0.15) is 0 Å². The third-order valence-electron chi connectivity index (χ3n) is 12.5. The predicted octanol–water partition coefficient (Wildman–Crippen LogP) is 3.82. The quantitative estimate of drug-likeness (QED) is 0.0769. The largest absolute Gasteiger partial charge is 0.511 e. The lowest BCUT2D eigenvalue weighted by atomic mass is 9.95. The maximum atomic E-state index is 14.0. The number of carbonyl (C=O) groups excluding carboxylic acids is 5. The van der Waals surface area contributed by atoms with Gasteiger partial charge in [0, 0.05) is 83.7 Å². The first-order valence-corrected chi connectivity index (χ1v) is 30.5. The van der Waals surface area contributed by atoms with E-state index in [0.29, 0.717) is 38.0 Å². The standard InChI is InChI=1S/C27H30ClFN4O9S2.C23H26BrFN6O5S/c1-4-39-26(35)21-19(31-23(24-30-7-9-43-24)32-22(21)17-6-5-16(29)11-18(17)28)12-33-8-10-44(37,38)13-20(33)25(34)40-14-41-27(36)42-15(2)3;1-3-36-23(33)18-16(11-31-8-9-37(34,35)12-17(31)20(26)32)28-21(22-27-6-7-30(22)2)29-19(18)14-5-4-13(25)10-15(14)24/h5-7,9,11,15,20,22H,4,8,10,12-14H2,1-3H3,(H,31,32);4-7,10,17,19H,3,8-9,11-12H2,1-2H3,(H2,26,32)(H,28,29). The summed E-state index contributed by atoms with van der Waals surface area (Å²) in [5, 5.41) is 8.48. The number of aryl methyl sites for hydroxylation is 1. The van der Waals surface area contributed by atoms with E-state index in [1.54, 1.807) is 68.2 Å². The number of aromatic nitrogens is 3. The zero-order valence-corrected chi connectivity index (χ0v) is 48.9. The van der Waals surface area contributed by atoms with Crippen molar-refractivity contribution in [2.75, 3.05) is 69.2 Å². The van der Waals surface area contributed by atoms with Crippen molar-refractivity contribution in [3.8, 4) is 0 Å². The summed E-state index contributed by atoms with van der Waals surface area (Å²) in [4.78, 5) is 84.9. The molecule has 0 saturated carbocycles. The minimum Gasteiger partial charge on any atom is -0.463 e. The van der Waals surface area contributed by atoms with E-state index >= 15 is 0 Å². The summed E-state index contributed by atoms with van der Waals surface area (Å²) in [5.41, 5.74) is 7.12. The fraction of sp³-hybridized carbons (Fsp3) is 0.420. The molecule has 4 N–H and O–H groups in total.